The van der Waals surface area contributed by atoms with Gasteiger partial charge in [0.2, 0.25) is 0 Å². The van der Waals surface area contributed by atoms with E-state index in [1.165, 1.54) is 5.56 Å². The SMILES string of the molecule is C=N/C(CCCC)=C(\C=O)Cc1ccc(C)cc1. The van der Waals surface area contributed by atoms with Crippen molar-refractivity contribution >= 4 is 13.0 Å². The first-order valence-corrected chi connectivity index (χ1v) is 6.40. The average molecular weight is 243 g/mol. The molecule has 0 saturated heterocycles. The van der Waals surface area contributed by atoms with Crippen molar-refractivity contribution < 1.29 is 4.79 Å². The Hall–Kier alpha value is -1.70. The molecule has 1 aromatic rings. The number of allylic oxidation sites excluding steroid dienone is 2. The molecule has 0 heterocycles. The van der Waals surface area contributed by atoms with Gasteiger partial charge in [0.05, 0.1) is 0 Å². The first-order chi connectivity index (χ1) is 8.71. The summed E-state index contributed by atoms with van der Waals surface area (Å²) in [6.07, 6.45) is 4.52. The van der Waals surface area contributed by atoms with Gasteiger partial charge in [0.1, 0.15) is 6.29 Å². The zero-order valence-electron chi connectivity index (χ0n) is 11.3. The lowest BCUT2D eigenvalue weighted by Crippen LogP contribution is -1.97. The summed E-state index contributed by atoms with van der Waals surface area (Å²) in [4.78, 5) is 15.2. The molecule has 96 valence electrons. The van der Waals surface area contributed by atoms with Crippen LogP contribution in [0.3, 0.4) is 0 Å². The third-order valence-electron chi connectivity index (χ3n) is 2.99. The van der Waals surface area contributed by atoms with Crippen molar-refractivity contribution in [3.63, 3.8) is 0 Å². The number of carbonyl (C=O) groups is 1. The molecule has 0 amide bonds. The molecule has 0 aliphatic carbocycles. The van der Waals surface area contributed by atoms with Crippen LogP contribution in [-0.2, 0) is 11.2 Å². The van der Waals surface area contributed by atoms with Crippen LogP contribution in [0.15, 0.2) is 40.5 Å². The van der Waals surface area contributed by atoms with Crippen molar-refractivity contribution in [3.8, 4) is 0 Å². The predicted molar refractivity (Wildman–Crippen MR) is 77.0 cm³/mol. The Morgan fingerprint density at radius 2 is 2.00 bits per heavy atom. The zero-order chi connectivity index (χ0) is 13.4. The van der Waals surface area contributed by atoms with Crippen molar-refractivity contribution in [3.05, 3.63) is 46.7 Å². The molecule has 0 atom stereocenters. The van der Waals surface area contributed by atoms with Crippen LogP contribution in [0.1, 0.15) is 37.3 Å². The van der Waals surface area contributed by atoms with Crippen LogP contribution >= 0.6 is 0 Å². The molecule has 0 spiro atoms. The Labute approximate surface area is 109 Å². The van der Waals surface area contributed by atoms with Crippen molar-refractivity contribution in [1.82, 2.24) is 0 Å². The molecule has 0 N–H and O–H groups in total. The molecule has 0 radical (unpaired) electrons. The second kappa shape index (κ2) is 7.59. The maximum absolute atomic E-state index is 11.2. The third-order valence-corrected chi connectivity index (χ3v) is 2.99. The molecule has 0 aliphatic rings. The fourth-order valence-electron chi connectivity index (χ4n) is 1.82. The van der Waals surface area contributed by atoms with E-state index in [2.05, 4.69) is 49.8 Å². The average Bonchev–Trinajstić information content (AvgIpc) is 2.40. The summed E-state index contributed by atoms with van der Waals surface area (Å²) in [6.45, 7) is 7.75. The lowest BCUT2D eigenvalue weighted by Gasteiger charge is -2.07. The molecule has 0 aromatic heterocycles. The standard InChI is InChI=1S/C16H21NO/c1-4-5-6-16(17-3)15(12-18)11-14-9-7-13(2)8-10-14/h7-10,12H,3-6,11H2,1-2H3/b16-15-. The van der Waals surface area contributed by atoms with Gasteiger partial charge in [-0.15, -0.1) is 0 Å². The van der Waals surface area contributed by atoms with Gasteiger partial charge in [-0.05, 0) is 32.0 Å². The first-order valence-electron chi connectivity index (χ1n) is 6.40. The summed E-state index contributed by atoms with van der Waals surface area (Å²) in [5, 5.41) is 0. The summed E-state index contributed by atoms with van der Waals surface area (Å²) < 4.78 is 0. The summed E-state index contributed by atoms with van der Waals surface area (Å²) in [5.74, 6) is 0. The second-order valence-corrected chi connectivity index (χ2v) is 4.51. The molecule has 0 bridgehead atoms. The van der Waals surface area contributed by atoms with Crippen molar-refractivity contribution in [2.24, 2.45) is 4.99 Å². The normalized spacial score (nSPS) is 11.9. The van der Waals surface area contributed by atoms with Gasteiger partial charge < -0.3 is 0 Å². The zero-order valence-corrected chi connectivity index (χ0v) is 11.3. The fraction of sp³-hybridized carbons (Fsp3) is 0.375. The van der Waals surface area contributed by atoms with Gasteiger partial charge in [-0.2, -0.15) is 0 Å². The summed E-state index contributed by atoms with van der Waals surface area (Å²) in [7, 11) is 0. The van der Waals surface area contributed by atoms with Gasteiger partial charge in [0.15, 0.2) is 0 Å². The summed E-state index contributed by atoms with van der Waals surface area (Å²) in [6, 6.07) is 8.23. The number of nitrogens with zero attached hydrogens (tertiary/aromatic N) is 1. The van der Waals surface area contributed by atoms with E-state index in [1.807, 2.05) is 0 Å². The van der Waals surface area contributed by atoms with Crippen LogP contribution in [0.25, 0.3) is 0 Å². The minimum Gasteiger partial charge on any atom is -0.298 e. The minimum absolute atomic E-state index is 0.641. The number of aryl methyl sites for hydroxylation is 1. The van der Waals surface area contributed by atoms with Crippen molar-refractivity contribution in [2.75, 3.05) is 0 Å². The maximum Gasteiger partial charge on any atom is 0.148 e. The van der Waals surface area contributed by atoms with Gasteiger partial charge in [0, 0.05) is 17.7 Å². The first kappa shape index (κ1) is 14.4. The Morgan fingerprint density at radius 3 is 2.50 bits per heavy atom. The Kier molecular flexibility index (Phi) is 6.06. The number of hydrogen-bond donors (Lipinski definition) is 0. The lowest BCUT2D eigenvalue weighted by atomic mass is 10.0. The molecule has 0 aliphatic heterocycles. The van der Waals surface area contributed by atoms with E-state index < -0.39 is 0 Å². The van der Waals surface area contributed by atoms with Gasteiger partial charge in [0.25, 0.3) is 0 Å². The van der Waals surface area contributed by atoms with E-state index >= 15 is 0 Å². The lowest BCUT2D eigenvalue weighted by molar-refractivity contribution is -0.105. The van der Waals surface area contributed by atoms with Gasteiger partial charge >= 0.3 is 0 Å². The maximum atomic E-state index is 11.2. The van der Waals surface area contributed by atoms with Gasteiger partial charge in [-0.3, -0.25) is 9.79 Å². The van der Waals surface area contributed by atoms with E-state index in [1.54, 1.807) is 0 Å². The fourth-order valence-corrected chi connectivity index (χ4v) is 1.82. The van der Waals surface area contributed by atoms with Gasteiger partial charge in [-0.25, -0.2) is 0 Å². The third kappa shape index (κ3) is 4.28. The van der Waals surface area contributed by atoms with E-state index in [-0.39, 0.29) is 0 Å². The van der Waals surface area contributed by atoms with Crippen LogP contribution < -0.4 is 0 Å². The summed E-state index contributed by atoms with van der Waals surface area (Å²) in [5.41, 5.74) is 3.96. The summed E-state index contributed by atoms with van der Waals surface area (Å²) >= 11 is 0. The van der Waals surface area contributed by atoms with E-state index in [0.717, 1.165) is 42.4 Å². The molecule has 0 fully saturated rings. The number of unbranched alkanes of at least 4 members (excludes halogenated alkanes) is 1. The Morgan fingerprint density at radius 1 is 1.33 bits per heavy atom. The molecule has 2 heteroatoms. The highest BCUT2D eigenvalue weighted by Gasteiger charge is 2.06. The highest BCUT2D eigenvalue weighted by molar-refractivity contribution is 5.75. The number of carbonyl (C=O) groups excluding carboxylic acids is 1. The van der Waals surface area contributed by atoms with Crippen LogP contribution in [0.5, 0.6) is 0 Å². The monoisotopic (exact) mass is 243 g/mol. The number of hydrogen-bond acceptors (Lipinski definition) is 2. The van der Waals surface area contributed by atoms with E-state index in [9.17, 15) is 4.79 Å². The van der Waals surface area contributed by atoms with Gasteiger partial charge in [-0.1, -0.05) is 43.2 Å². The number of benzene rings is 1. The topological polar surface area (TPSA) is 29.4 Å². The van der Waals surface area contributed by atoms with Crippen molar-refractivity contribution in [2.45, 2.75) is 39.5 Å². The second-order valence-electron chi connectivity index (χ2n) is 4.51. The van der Waals surface area contributed by atoms with E-state index in [0.29, 0.717) is 6.42 Å². The van der Waals surface area contributed by atoms with Crippen molar-refractivity contribution in [1.29, 1.82) is 0 Å². The molecule has 0 unspecified atom stereocenters. The molecule has 1 aromatic carbocycles. The molecule has 2 nitrogen and oxygen atoms in total. The smallest absolute Gasteiger partial charge is 0.148 e. The largest absolute Gasteiger partial charge is 0.298 e. The molecule has 1 rings (SSSR count). The number of aliphatic imine (C=N–C) groups is 1. The predicted octanol–water partition coefficient (Wildman–Crippen LogP) is 3.88. The highest BCUT2D eigenvalue weighted by atomic mass is 16.1. The minimum atomic E-state index is 0.641. The number of rotatable bonds is 7. The molecule has 0 saturated carbocycles. The van der Waals surface area contributed by atoms with Crippen LogP contribution in [0, 0.1) is 6.92 Å². The molecular weight excluding hydrogens is 222 g/mol. The quantitative estimate of drug-likeness (QED) is 0.406. The Balaban J connectivity index is 2.87. The van der Waals surface area contributed by atoms with Crippen LogP contribution in [0.2, 0.25) is 0 Å². The Bertz CT molecular complexity index is 429. The van der Waals surface area contributed by atoms with Crippen LogP contribution in [0.4, 0.5) is 0 Å². The number of aldehydes is 1. The molecular formula is C16H21NO. The van der Waals surface area contributed by atoms with E-state index in [4.69, 9.17) is 0 Å². The molecule has 18 heavy (non-hydrogen) atoms. The highest BCUT2D eigenvalue weighted by Crippen LogP contribution is 2.17. The van der Waals surface area contributed by atoms with Crippen LogP contribution in [-0.4, -0.2) is 13.0 Å².